The summed E-state index contributed by atoms with van der Waals surface area (Å²) < 4.78 is 8.46. The maximum atomic E-state index is 5.59. The van der Waals surface area contributed by atoms with Gasteiger partial charge in [0.25, 0.3) is 0 Å². The smallest absolute Gasteiger partial charge is 0.206 e. The Labute approximate surface area is 138 Å². The van der Waals surface area contributed by atoms with Crippen molar-refractivity contribution in [3.63, 3.8) is 0 Å². The topological polar surface area (TPSA) is 64.9 Å². The van der Waals surface area contributed by atoms with Gasteiger partial charge in [-0.2, -0.15) is 5.10 Å². The number of nitrogens with zero attached hydrogens (tertiary/aromatic N) is 4. The Bertz CT molecular complexity index is 579. The van der Waals surface area contributed by atoms with Gasteiger partial charge in [0, 0.05) is 32.1 Å². The fraction of sp³-hybridized carbons (Fsp3) is 0.643. The number of ether oxygens (including phenoxy) is 1. The lowest BCUT2D eigenvalue weighted by Gasteiger charge is -2.08. The van der Waals surface area contributed by atoms with E-state index in [0.29, 0.717) is 6.10 Å². The Balaban J connectivity index is 1.34. The van der Waals surface area contributed by atoms with Gasteiger partial charge in [-0.3, -0.25) is 4.68 Å². The van der Waals surface area contributed by atoms with Crippen LogP contribution in [0.1, 0.15) is 24.8 Å². The van der Waals surface area contributed by atoms with Crippen molar-refractivity contribution < 1.29 is 4.74 Å². The Morgan fingerprint density at radius 3 is 3.23 bits per heavy atom. The maximum Gasteiger partial charge on any atom is 0.206 e. The Morgan fingerprint density at radius 1 is 1.50 bits per heavy atom. The van der Waals surface area contributed by atoms with Gasteiger partial charge in [-0.25, -0.2) is 0 Å². The summed E-state index contributed by atoms with van der Waals surface area (Å²) in [5.74, 6) is 1.05. The lowest BCUT2D eigenvalue weighted by Crippen LogP contribution is -2.18. The van der Waals surface area contributed by atoms with Gasteiger partial charge in [-0.15, -0.1) is 10.2 Å². The lowest BCUT2D eigenvalue weighted by molar-refractivity contribution is 0.120. The molecule has 0 amide bonds. The molecule has 1 aliphatic heterocycles. The fourth-order valence-electron chi connectivity index (χ4n) is 2.38. The van der Waals surface area contributed by atoms with Crippen LogP contribution >= 0.6 is 23.1 Å². The highest BCUT2D eigenvalue weighted by atomic mass is 32.2. The average molecular weight is 339 g/mol. The van der Waals surface area contributed by atoms with Crippen LogP contribution in [0.5, 0.6) is 0 Å². The third-order valence-corrected chi connectivity index (χ3v) is 5.61. The number of aromatic nitrogens is 4. The summed E-state index contributed by atoms with van der Waals surface area (Å²) in [6.45, 7) is 1.72. The molecule has 1 unspecified atom stereocenters. The Morgan fingerprint density at radius 2 is 2.45 bits per heavy atom. The average Bonchev–Trinajstić information content (AvgIpc) is 3.24. The third-order valence-electron chi connectivity index (χ3n) is 3.51. The van der Waals surface area contributed by atoms with E-state index in [4.69, 9.17) is 4.74 Å². The molecule has 3 heterocycles. The first-order chi connectivity index (χ1) is 10.8. The molecule has 0 bridgehead atoms. The molecule has 8 heteroatoms. The summed E-state index contributed by atoms with van der Waals surface area (Å²) in [4.78, 5) is 0. The van der Waals surface area contributed by atoms with Crippen molar-refractivity contribution in [3.8, 4) is 0 Å². The van der Waals surface area contributed by atoms with Crippen molar-refractivity contribution in [1.29, 1.82) is 0 Å². The molecule has 0 saturated carbocycles. The molecular weight excluding hydrogens is 318 g/mol. The second kappa shape index (κ2) is 7.94. The minimum Gasteiger partial charge on any atom is -0.376 e. The Kier molecular flexibility index (Phi) is 5.69. The monoisotopic (exact) mass is 339 g/mol. The molecule has 0 spiro atoms. The SMILES string of the molecule is Cn1cc(CCCSc2nnc(NCC3CCCO3)s2)cn1. The molecule has 1 aliphatic rings. The first-order valence-corrected chi connectivity index (χ1v) is 9.39. The van der Waals surface area contributed by atoms with Crippen molar-refractivity contribution in [1.82, 2.24) is 20.0 Å². The molecule has 0 radical (unpaired) electrons. The molecule has 6 nitrogen and oxygen atoms in total. The first kappa shape index (κ1) is 15.8. The second-order valence-corrected chi connectivity index (χ2v) is 7.68. The number of rotatable bonds is 8. The van der Waals surface area contributed by atoms with E-state index in [9.17, 15) is 0 Å². The summed E-state index contributed by atoms with van der Waals surface area (Å²) in [7, 11) is 1.95. The number of hydrogen-bond acceptors (Lipinski definition) is 7. The fourth-order valence-corrected chi connectivity index (χ4v) is 4.15. The van der Waals surface area contributed by atoms with Crippen LogP contribution in [-0.2, 0) is 18.2 Å². The van der Waals surface area contributed by atoms with E-state index in [2.05, 4.69) is 26.8 Å². The van der Waals surface area contributed by atoms with Crippen molar-refractivity contribution >= 4 is 28.2 Å². The van der Waals surface area contributed by atoms with E-state index >= 15 is 0 Å². The van der Waals surface area contributed by atoms with Crippen LogP contribution in [0.15, 0.2) is 16.7 Å². The van der Waals surface area contributed by atoms with Gasteiger partial charge in [-0.05, 0) is 31.2 Å². The Hall–Kier alpha value is -1.12. The molecule has 2 aromatic heterocycles. The minimum absolute atomic E-state index is 0.333. The quantitative estimate of drug-likeness (QED) is 0.589. The van der Waals surface area contributed by atoms with Crippen LogP contribution in [0, 0.1) is 0 Å². The van der Waals surface area contributed by atoms with Crippen LogP contribution in [0.25, 0.3) is 0 Å². The molecule has 2 aromatic rings. The van der Waals surface area contributed by atoms with Gasteiger partial charge in [0.1, 0.15) is 0 Å². The largest absolute Gasteiger partial charge is 0.376 e. The summed E-state index contributed by atoms with van der Waals surface area (Å²) in [5, 5.41) is 16.8. The first-order valence-electron chi connectivity index (χ1n) is 7.59. The molecule has 1 fully saturated rings. The van der Waals surface area contributed by atoms with Crippen molar-refractivity contribution in [2.45, 2.75) is 36.1 Å². The lowest BCUT2D eigenvalue weighted by atomic mass is 10.2. The highest BCUT2D eigenvalue weighted by Crippen LogP contribution is 2.26. The van der Waals surface area contributed by atoms with Crippen LogP contribution in [0.4, 0.5) is 5.13 Å². The van der Waals surface area contributed by atoms with Crippen LogP contribution in [-0.4, -0.2) is 45.0 Å². The van der Waals surface area contributed by atoms with Gasteiger partial charge in [0.05, 0.1) is 12.3 Å². The standard InChI is InChI=1S/C14H21N5OS2/c1-19-10-11(8-16-19)4-3-7-21-14-18-17-13(22-14)15-9-12-5-2-6-20-12/h8,10,12H,2-7,9H2,1H3,(H,15,17). The zero-order valence-electron chi connectivity index (χ0n) is 12.7. The summed E-state index contributed by atoms with van der Waals surface area (Å²) in [6.07, 6.45) is 8.83. The number of hydrogen-bond donors (Lipinski definition) is 1. The van der Waals surface area contributed by atoms with Gasteiger partial charge in [0.2, 0.25) is 5.13 Å². The summed E-state index contributed by atoms with van der Waals surface area (Å²) in [6, 6.07) is 0. The minimum atomic E-state index is 0.333. The molecule has 120 valence electrons. The van der Waals surface area contributed by atoms with E-state index in [0.717, 1.165) is 47.6 Å². The number of anilines is 1. The summed E-state index contributed by atoms with van der Waals surface area (Å²) in [5.41, 5.74) is 1.29. The number of aryl methyl sites for hydroxylation is 2. The normalized spacial score (nSPS) is 18.0. The molecule has 22 heavy (non-hydrogen) atoms. The van der Waals surface area contributed by atoms with Crippen LogP contribution in [0.2, 0.25) is 0 Å². The molecular formula is C14H21N5OS2. The highest BCUT2D eigenvalue weighted by molar-refractivity contribution is 8.01. The van der Waals surface area contributed by atoms with Crippen molar-refractivity contribution in [3.05, 3.63) is 18.0 Å². The molecule has 0 aliphatic carbocycles. The van der Waals surface area contributed by atoms with Gasteiger partial charge in [0.15, 0.2) is 4.34 Å². The van der Waals surface area contributed by atoms with Crippen molar-refractivity contribution in [2.75, 3.05) is 24.2 Å². The molecule has 1 atom stereocenters. The summed E-state index contributed by atoms with van der Waals surface area (Å²) >= 11 is 3.40. The van der Waals surface area contributed by atoms with Gasteiger partial charge in [-0.1, -0.05) is 23.1 Å². The second-order valence-electron chi connectivity index (χ2n) is 5.36. The van der Waals surface area contributed by atoms with E-state index in [-0.39, 0.29) is 0 Å². The molecule has 0 aromatic carbocycles. The zero-order chi connectivity index (χ0) is 15.2. The number of thioether (sulfide) groups is 1. The molecule has 1 N–H and O–H groups in total. The predicted octanol–water partition coefficient (Wildman–Crippen LogP) is 2.59. The van der Waals surface area contributed by atoms with Gasteiger partial charge < -0.3 is 10.1 Å². The van der Waals surface area contributed by atoms with E-state index in [1.54, 1.807) is 23.1 Å². The molecule has 1 saturated heterocycles. The van der Waals surface area contributed by atoms with E-state index in [1.807, 2.05) is 17.9 Å². The van der Waals surface area contributed by atoms with E-state index in [1.165, 1.54) is 12.0 Å². The zero-order valence-corrected chi connectivity index (χ0v) is 14.3. The van der Waals surface area contributed by atoms with Crippen LogP contribution < -0.4 is 5.32 Å². The predicted molar refractivity (Wildman–Crippen MR) is 89.6 cm³/mol. The maximum absolute atomic E-state index is 5.59. The third kappa shape index (κ3) is 4.69. The van der Waals surface area contributed by atoms with E-state index < -0.39 is 0 Å². The number of nitrogens with one attached hydrogen (secondary N) is 1. The van der Waals surface area contributed by atoms with Crippen molar-refractivity contribution in [2.24, 2.45) is 7.05 Å². The molecule has 3 rings (SSSR count). The highest BCUT2D eigenvalue weighted by Gasteiger charge is 2.15. The van der Waals surface area contributed by atoms with Crippen LogP contribution in [0.3, 0.4) is 0 Å². The van der Waals surface area contributed by atoms with Gasteiger partial charge >= 0.3 is 0 Å².